The number of hydrogen-bond acceptors (Lipinski definition) is 3. The number of carbonyl (C=O) groups is 1. The molecule has 3 aromatic carbocycles. The normalized spacial score (nSPS) is 12.3. The van der Waals surface area contributed by atoms with E-state index in [1.54, 1.807) is 6.07 Å². The van der Waals surface area contributed by atoms with Gasteiger partial charge in [-0.15, -0.1) is 0 Å². The van der Waals surface area contributed by atoms with Gasteiger partial charge < -0.3 is 9.30 Å². The maximum absolute atomic E-state index is 13.6. The first-order chi connectivity index (χ1) is 15.2. The summed E-state index contributed by atoms with van der Waals surface area (Å²) in [5.41, 5.74) is 3.31. The molecule has 0 N–H and O–H groups in total. The maximum atomic E-state index is 13.6. The van der Waals surface area contributed by atoms with Crippen LogP contribution < -0.4 is 0 Å². The summed E-state index contributed by atoms with van der Waals surface area (Å²) in [6.45, 7) is 0.700. The zero-order valence-electron chi connectivity index (χ0n) is 16.9. The lowest BCUT2D eigenvalue weighted by Gasteiger charge is -2.08. The van der Waals surface area contributed by atoms with Gasteiger partial charge in [0.2, 0.25) is 0 Å². The van der Waals surface area contributed by atoms with Gasteiger partial charge in [0.1, 0.15) is 0 Å². The van der Waals surface area contributed by atoms with Crippen LogP contribution in [-0.2, 0) is 22.3 Å². The van der Waals surface area contributed by atoms with Crippen molar-refractivity contribution < 1.29 is 13.7 Å². The SMILES string of the molecule is COC(=O)c1ccc2c(c1)c1cn(Cc3ccccc3)cc1n2S(=O)c1ccccc1. The predicted molar refractivity (Wildman–Crippen MR) is 123 cm³/mol. The van der Waals surface area contributed by atoms with Gasteiger partial charge in [0.05, 0.1) is 28.6 Å². The molecule has 154 valence electrons. The van der Waals surface area contributed by atoms with Crippen LogP contribution in [0.15, 0.2) is 96.2 Å². The number of rotatable bonds is 5. The average Bonchev–Trinajstić information content (AvgIpc) is 3.35. The van der Waals surface area contributed by atoms with E-state index in [9.17, 15) is 9.00 Å². The zero-order chi connectivity index (χ0) is 21.4. The van der Waals surface area contributed by atoms with Crippen LogP contribution >= 0.6 is 0 Å². The van der Waals surface area contributed by atoms with Crippen molar-refractivity contribution in [3.63, 3.8) is 0 Å². The largest absolute Gasteiger partial charge is 0.465 e. The Hall–Kier alpha value is -3.64. The molecular weight excluding hydrogens is 408 g/mol. The molecule has 5 rings (SSSR count). The van der Waals surface area contributed by atoms with Crippen molar-refractivity contribution in [2.24, 2.45) is 0 Å². The van der Waals surface area contributed by atoms with E-state index < -0.39 is 17.0 Å². The van der Waals surface area contributed by atoms with Gasteiger partial charge in [-0.05, 0) is 35.9 Å². The predicted octanol–water partition coefficient (Wildman–Crippen LogP) is 5.00. The summed E-state index contributed by atoms with van der Waals surface area (Å²) >= 11 is 0. The fourth-order valence-electron chi connectivity index (χ4n) is 3.88. The van der Waals surface area contributed by atoms with Crippen molar-refractivity contribution >= 4 is 38.8 Å². The molecule has 0 aliphatic heterocycles. The minimum absolute atomic E-state index is 0.393. The monoisotopic (exact) mass is 428 g/mol. The fourth-order valence-corrected chi connectivity index (χ4v) is 5.14. The van der Waals surface area contributed by atoms with Crippen molar-refractivity contribution in [1.29, 1.82) is 0 Å². The molecule has 2 heterocycles. The maximum Gasteiger partial charge on any atom is 0.337 e. The first-order valence-electron chi connectivity index (χ1n) is 9.89. The van der Waals surface area contributed by atoms with E-state index in [1.165, 1.54) is 12.7 Å². The van der Waals surface area contributed by atoms with E-state index in [2.05, 4.69) is 16.7 Å². The average molecular weight is 429 g/mol. The van der Waals surface area contributed by atoms with E-state index in [0.717, 1.165) is 21.8 Å². The Kier molecular flexibility index (Phi) is 4.92. The van der Waals surface area contributed by atoms with Gasteiger partial charge >= 0.3 is 5.97 Å². The van der Waals surface area contributed by atoms with Crippen LogP contribution in [0.5, 0.6) is 0 Å². The molecule has 0 radical (unpaired) electrons. The third kappa shape index (κ3) is 3.45. The summed E-state index contributed by atoms with van der Waals surface area (Å²) in [6.07, 6.45) is 4.06. The minimum atomic E-state index is -1.43. The molecule has 0 saturated heterocycles. The van der Waals surface area contributed by atoms with E-state index in [4.69, 9.17) is 4.74 Å². The van der Waals surface area contributed by atoms with Crippen molar-refractivity contribution in [1.82, 2.24) is 8.54 Å². The van der Waals surface area contributed by atoms with Gasteiger partial charge in [-0.1, -0.05) is 48.5 Å². The van der Waals surface area contributed by atoms with Crippen LogP contribution in [0.1, 0.15) is 15.9 Å². The number of fused-ring (bicyclic) bond motifs is 3. The van der Waals surface area contributed by atoms with Crippen LogP contribution in [0.25, 0.3) is 21.8 Å². The zero-order valence-corrected chi connectivity index (χ0v) is 17.7. The topological polar surface area (TPSA) is 53.2 Å². The molecule has 0 aliphatic carbocycles. The van der Waals surface area contributed by atoms with E-state index in [0.29, 0.717) is 17.0 Å². The second-order valence-corrected chi connectivity index (χ2v) is 8.63. The van der Waals surface area contributed by atoms with Crippen LogP contribution in [0, 0.1) is 0 Å². The standard InChI is InChI=1S/C25H20N2O3S/c1-30-25(28)19-12-13-23-21(14-19)22-16-26(15-18-8-4-2-5-9-18)17-24(22)27(23)31(29)20-10-6-3-7-11-20/h2-14,16-17H,15H2,1H3. The van der Waals surface area contributed by atoms with Gasteiger partial charge in [0.25, 0.3) is 0 Å². The van der Waals surface area contributed by atoms with Gasteiger partial charge in [0.15, 0.2) is 11.0 Å². The summed E-state index contributed by atoms with van der Waals surface area (Å²) in [5, 5.41) is 1.81. The van der Waals surface area contributed by atoms with Crippen molar-refractivity contribution in [2.75, 3.05) is 7.11 Å². The molecule has 2 aromatic heterocycles. The summed E-state index contributed by atoms with van der Waals surface area (Å²) in [4.78, 5) is 12.8. The van der Waals surface area contributed by atoms with Gasteiger partial charge in [-0.2, -0.15) is 0 Å². The summed E-state index contributed by atoms with van der Waals surface area (Å²) in [6, 6.07) is 24.9. The Labute approximate surface area is 182 Å². The van der Waals surface area contributed by atoms with Gasteiger partial charge in [-0.25, -0.2) is 9.00 Å². The lowest BCUT2D eigenvalue weighted by molar-refractivity contribution is 0.0601. The third-order valence-electron chi connectivity index (χ3n) is 5.32. The van der Waals surface area contributed by atoms with E-state index >= 15 is 0 Å². The molecular formula is C25H20N2O3S. The second-order valence-electron chi connectivity index (χ2n) is 7.30. The molecule has 0 bridgehead atoms. The molecule has 0 saturated carbocycles. The molecule has 0 amide bonds. The fraction of sp³-hybridized carbons (Fsp3) is 0.0800. The molecule has 0 spiro atoms. The van der Waals surface area contributed by atoms with E-state index in [1.807, 2.05) is 77.0 Å². The van der Waals surface area contributed by atoms with Crippen molar-refractivity contribution in [3.05, 3.63) is 102 Å². The molecule has 1 unspecified atom stereocenters. The van der Waals surface area contributed by atoms with Crippen molar-refractivity contribution in [3.8, 4) is 0 Å². The Morgan fingerprint density at radius 3 is 2.29 bits per heavy atom. The van der Waals surface area contributed by atoms with Crippen LogP contribution in [0.4, 0.5) is 0 Å². The quantitative estimate of drug-likeness (QED) is 0.370. The Morgan fingerprint density at radius 1 is 0.871 bits per heavy atom. The smallest absolute Gasteiger partial charge is 0.337 e. The Morgan fingerprint density at radius 2 is 1.58 bits per heavy atom. The highest BCUT2D eigenvalue weighted by molar-refractivity contribution is 7.84. The number of esters is 1. The number of methoxy groups -OCH3 is 1. The number of aromatic nitrogens is 2. The number of benzene rings is 3. The number of nitrogens with zero attached hydrogens (tertiary/aromatic N) is 2. The lowest BCUT2D eigenvalue weighted by Crippen LogP contribution is -2.05. The summed E-state index contributed by atoms with van der Waals surface area (Å²) < 4.78 is 22.4. The lowest BCUT2D eigenvalue weighted by atomic mass is 10.1. The molecule has 0 aliphatic rings. The minimum Gasteiger partial charge on any atom is -0.465 e. The Bertz CT molecular complexity index is 1420. The molecule has 31 heavy (non-hydrogen) atoms. The third-order valence-corrected chi connectivity index (χ3v) is 6.72. The number of ether oxygens (including phenoxy) is 1. The first kappa shape index (κ1) is 19.3. The highest BCUT2D eigenvalue weighted by atomic mass is 32.2. The highest BCUT2D eigenvalue weighted by Gasteiger charge is 2.20. The van der Waals surface area contributed by atoms with Gasteiger partial charge in [-0.3, -0.25) is 3.97 Å². The molecule has 5 nitrogen and oxygen atoms in total. The van der Waals surface area contributed by atoms with Crippen molar-refractivity contribution in [2.45, 2.75) is 11.4 Å². The second kappa shape index (κ2) is 7.89. The van der Waals surface area contributed by atoms with Gasteiger partial charge in [0, 0.05) is 29.7 Å². The first-order valence-corrected chi connectivity index (χ1v) is 11.0. The van der Waals surface area contributed by atoms with Crippen LogP contribution in [0.2, 0.25) is 0 Å². The van der Waals surface area contributed by atoms with Crippen LogP contribution in [0.3, 0.4) is 0 Å². The molecule has 5 aromatic rings. The number of carbonyl (C=O) groups excluding carboxylic acids is 1. The Balaban J connectivity index is 1.72. The number of hydrogen-bond donors (Lipinski definition) is 0. The molecule has 6 heteroatoms. The molecule has 1 atom stereocenters. The van der Waals surface area contributed by atoms with Crippen LogP contribution in [-0.4, -0.2) is 25.8 Å². The summed E-state index contributed by atoms with van der Waals surface area (Å²) in [5.74, 6) is -0.393. The highest BCUT2D eigenvalue weighted by Crippen LogP contribution is 2.33. The summed E-state index contributed by atoms with van der Waals surface area (Å²) in [7, 11) is -0.0608. The molecule has 0 fully saturated rings. The van der Waals surface area contributed by atoms with E-state index in [-0.39, 0.29) is 0 Å².